The number of ether oxygens (including phenoxy) is 4. The molecule has 66 heavy (non-hydrogen) atoms. The van der Waals surface area contributed by atoms with Gasteiger partial charge < -0.3 is 44.2 Å². The smallest absolute Gasteiger partial charge is 0.344 e. The molecule has 4 amide bonds. The van der Waals surface area contributed by atoms with Crippen molar-refractivity contribution in [1.82, 2.24) is 21.0 Å². The largest absolute Gasteiger partial charge is 0.481 e. The Morgan fingerprint density at radius 1 is 0.727 bits per heavy atom. The van der Waals surface area contributed by atoms with Crippen LogP contribution in [-0.4, -0.2) is 92.3 Å². The van der Waals surface area contributed by atoms with Gasteiger partial charge in [-0.05, 0) is 68.5 Å². The van der Waals surface area contributed by atoms with E-state index in [1.807, 2.05) is 34.6 Å². The Balaban J connectivity index is 1.78. The van der Waals surface area contributed by atoms with Gasteiger partial charge in [-0.25, -0.2) is 9.59 Å². The molecule has 0 spiro atoms. The molecule has 0 saturated heterocycles. The number of amides is 4. The van der Waals surface area contributed by atoms with Crippen LogP contribution >= 0.6 is 0 Å². The summed E-state index contributed by atoms with van der Waals surface area (Å²) in [6.07, 6.45) is 7.49. The van der Waals surface area contributed by atoms with Crippen LogP contribution in [0.5, 0.6) is 11.5 Å². The molecule has 0 radical (unpaired) electrons. The molecule has 3 N–H and O–H groups in total. The monoisotopic (exact) mass is 922 g/mol. The van der Waals surface area contributed by atoms with Gasteiger partial charge in [-0.2, -0.15) is 5.06 Å². The van der Waals surface area contributed by atoms with Crippen LogP contribution < -0.4 is 25.6 Å². The van der Waals surface area contributed by atoms with E-state index in [9.17, 15) is 33.6 Å². The normalized spacial score (nSPS) is 12.1. The van der Waals surface area contributed by atoms with E-state index in [0.717, 1.165) is 37.2 Å². The second kappa shape index (κ2) is 30.7. The summed E-state index contributed by atoms with van der Waals surface area (Å²) in [7, 11) is 0. The molecular formula is C48H66N4O14. The Kier molecular flexibility index (Phi) is 25.0. The highest BCUT2D eigenvalue weighted by Crippen LogP contribution is 2.30. The van der Waals surface area contributed by atoms with Gasteiger partial charge in [-0.3, -0.25) is 24.0 Å². The molecule has 3 atom stereocenters. The molecule has 0 aliphatic rings. The van der Waals surface area contributed by atoms with Gasteiger partial charge in [-0.15, -0.1) is 0 Å². The number of hydrogen-bond acceptors (Lipinski definition) is 14. The zero-order valence-corrected chi connectivity index (χ0v) is 38.8. The van der Waals surface area contributed by atoms with Crippen molar-refractivity contribution >= 4 is 42.0 Å². The molecule has 0 unspecified atom stereocenters. The van der Waals surface area contributed by atoms with Crippen LogP contribution in [0.25, 0.3) is 11.3 Å². The van der Waals surface area contributed by atoms with Crippen LogP contribution in [0.3, 0.4) is 0 Å². The summed E-state index contributed by atoms with van der Waals surface area (Å²) in [4.78, 5) is 102. The van der Waals surface area contributed by atoms with Gasteiger partial charge in [0.05, 0.1) is 50.4 Å². The lowest BCUT2D eigenvalue weighted by Crippen LogP contribution is -2.48. The van der Waals surface area contributed by atoms with E-state index in [-0.39, 0.29) is 49.3 Å². The van der Waals surface area contributed by atoms with Crippen LogP contribution in [0, 0.1) is 5.92 Å². The van der Waals surface area contributed by atoms with Crippen molar-refractivity contribution in [2.24, 2.45) is 5.92 Å². The summed E-state index contributed by atoms with van der Waals surface area (Å²) in [5.41, 5.74) is 0.262. The first-order valence-corrected chi connectivity index (χ1v) is 22.8. The minimum atomic E-state index is -1.38. The number of rotatable bonds is 33. The van der Waals surface area contributed by atoms with Crippen LogP contribution in [0.1, 0.15) is 133 Å². The highest BCUT2D eigenvalue weighted by molar-refractivity contribution is 6.00. The Labute approximate surface area is 386 Å². The van der Waals surface area contributed by atoms with Crippen molar-refractivity contribution in [2.45, 2.75) is 124 Å². The average Bonchev–Trinajstić information content (AvgIpc) is 3.82. The predicted molar refractivity (Wildman–Crippen MR) is 241 cm³/mol. The van der Waals surface area contributed by atoms with Gasteiger partial charge in [0.25, 0.3) is 11.8 Å². The second-order valence-electron chi connectivity index (χ2n) is 15.3. The Bertz CT molecular complexity index is 1970. The zero-order valence-electron chi connectivity index (χ0n) is 38.8. The van der Waals surface area contributed by atoms with E-state index in [1.54, 1.807) is 30.3 Å². The van der Waals surface area contributed by atoms with Gasteiger partial charge in [0, 0.05) is 5.56 Å². The van der Waals surface area contributed by atoms with Gasteiger partial charge in [0.1, 0.15) is 17.6 Å². The Morgan fingerprint density at radius 3 is 2.05 bits per heavy atom. The number of nitrogens with one attached hydrogen (secondary N) is 3. The summed E-state index contributed by atoms with van der Waals surface area (Å²) in [5, 5.41) is 8.90. The molecule has 362 valence electrons. The zero-order chi connectivity index (χ0) is 48.1. The number of hydroxylamine groups is 2. The predicted octanol–water partition coefficient (Wildman–Crippen LogP) is 7.01. The Morgan fingerprint density at radius 2 is 1.39 bits per heavy atom. The minimum Gasteiger partial charge on any atom is -0.481 e. The van der Waals surface area contributed by atoms with E-state index in [2.05, 4.69) is 16.0 Å². The van der Waals surface area contributed by atoms with E-state index in [0.29, 0.717) is 56.2 Å². The first-order valence-electron chi connectivity index (χ1n) is 22.8. The highest BCUT2D eigenvalue weighted by Gasteiger charge is 2.33. The topological polar surface area (TPSA) is 227 Å². The first kappa shape index (κ1) is 53.9. The maximum atomic E-state index is 13.8. The van der Waals surface area contributed by atoms with Crippen molar-refractivity contribution < 1.29 is 66.8 Å². The molecular weight excluding hydrogens is 857 g/mol. The van der Waals surface area contributed by atoms with Gasteiger partial charge in [0.2, 0.25) is 12.3 Å². The summed E-state index contributed by atoms with van der Waals surface area (Å²) < 4.78 is 27.5. The number of unbranched alkanes of at least 4 members (excludes halogenated alkanes) is 5. The Hall–Kier alpha value is -6.43. The molecule has 0 aliphatic carbocycles. The number of para-hydroxylation sites is 1. The number of nitrogens with zero attached hydrogens (tertiary/aromatic N) is 1. The lowest BCUT2D eigenvalue weighted by atomic mass is 9.90. The average molecular weight is 923 g/mol. The third-order valence-electron chi connectivity index (χ3n) is 10.2. The summed E-state index contributed by atoms with van der Waals surface area (Å²) in [6, 6.07) is 13.8. The maximum Gasteiger partial charge on any atom is 0.344 e. The number of esters is 3. The number of carbonyl (C=O) groups excluding carboxylic acids is 7. The molecule has 2 aromatic carbocycles. The summed E-state index contributed by atoms with van der Waals surface area (Å²) in [6.45, 7) is 9.27. The summed E-state index contributed by atoms with van der Waals surface area (Å²) >= 11 is 0. The molecule has 18 heteroatoms. The molecule has 0 bridgehead atoms. The van der Waals surface area contributed by atoms with Gasteiger partial charge in [-0.1, -0.05) is 102 Å². The number of furan rings is 1. The van der Waals surface area contributed by atoms with E-state index < -0.39 is 66.7 Å². The molecule has 3 aromatic rings. The molecule has 1 aromatic heterocycles. The fraction of sp³-hybridized carbons (Fsp3) is 0.521. The lowest BCUT2D eigenvalue weighted by molar-refractivity contribution is -0.361. The van der Waals surface area contributed by atoms with E-state index >= 15 is 0 Å². The first-order chi connectivity index (χ1) is 32.0. The van der Waals surface area contributed by atoms with Crippen LogP contribution in [0.15, 0.2) is 65.1 Å². The van der Waals surface area contributed by atoms with Crippen LogP contribution in [-0.2, 0) is 43.2 Å². The molecule has 18 nitrogen and oxygen atoms in total. The van der Waals surface area contributed by atoms with Gasteiger partial charge in [0.15, 0.2) is 18.1 Å². The second-order valence-corrected chi connectivity index (χ2v) is 15.3. The standard InChI is InChI=1S/C48H66N4O14/c1-6-11-16-21-36(39(10-5)52(33-53)66-65-35-19-17-15-18-20-35)45(56)49-32-50-47(58)41-25-24-40(64-41)34-22-23-37(42(29-34)63-31-44(55)61-27-13-8-3)46(57)51-38(48(59)62-28-14-9-4)30-43(54)60-26-12-7-2/h15,17-20,22-25,29,33,36,38-39H,6-14,16,21,26-28,30-32H2,1-5H3,(H,49,56)(H,50,58)(H,51,57)/t36-,38+,39-/m1/s1. The van der Waals surface area contributed by atoms with Crippen LogP contribution in [0.2, 0.25) is 0 Å². The third-order valence-corrected chi connectivity index (χ3v) is 10.2. The third kappa shape index (κ3) is 18.6. The molecule has 0 fully saturated rings. The summed E-state index contributed by atoms with van der Waals surface area (Å²) in [5.74, 6) is -4.40. The highest BCUT2D eigenvalue weighted by atomic mass is 17.3. The molecule has 0 aliphatic heterocycles. The molecule has 1 heterocycles. The van der Waals surface area contributed by atoms with E-state index in [4.69, 9.17) is 33.2 Å². The van der Waals surface area contributed by atoms with Crippen molar-refractivity contribution in [3.05, 3.63) is 72.0 Å². The van der Waals surface area contributed by atoms with Crippen molar-refractivity contribution in [3.63, 3.8) is 0 Å². The number of benzene rings is 2. The number of hydrogen-bond donors (Lipinski definition) is 3. The quantitative estimate of drug-likeness (QED) is 0.0106. The van der Waals surface area contributed by atoms with Crippen molar-refractivity contribution in [2.75, 3.05) is 33.1 Å². The van der Waals surface area contributed by atoms with Crippen LogP contribution in [0.4, 0.5) is 0 Å². The maximum absolute atomic E-state index is 13.8. The number of carbonyl (C=O) groups is 7. The fourth-order valence-corrected chi connectivity index (χ4v) is 6.41. The van der Waals surface area contributed by atoms with Crippen molar-refractivity contribution in [1.29, 1.82) is 0 Å². The van der Waals surface area contributed by atoms with Gasteiger partial charge >= 0.3 is 17.9 Å². The van der Waals surface area contributed by atoms with E-state index in [1.165, 1.54) is 30.3 Å². The minimum absolute atomic E-state index is 0.0871. The molecule has 3 rings (SSSR count). The SMILES string of the molecule is CCCCC[C@@H](C(=O)NCNC(=O)c1ccc(-c2ccc(C(=O)N[C@@H](CC(=O)OCCCC)C(=O)OCCCC)c(OCC(=O)OCCCC)c2)o1)[C@@H](CC)N(C=O)OOc1ccccc1. The molecule has 0 saturated carbocycles. The fourth-order valence-electron chi connectivity index (χ4n) is 6.41. The lowest BCUT2D eigenvalue weighted by Gasteiger charge is -2.31. The van der Waals surface area contributed by atoms with Crippen molar-refractivity contribution in [3.8, 4) is 22.8 Å².